The highest BCUT2D eigenvalue weighted by Gasteiger charge is 2.29. The Morgan fingerprint density at radius 3 is 2.57 bits per heavy atom. The molecule has 0 N–H and O–H groups in total. The minimum absolute atomic E-state index is 0.0115. The van der Waals surface area contributed by atoms with E-state index in [0.717, 1.165) is 34.4 Å². The number of likely N-dealkylation sites (tertiary alicyclic amines) is 1. The number of fused-ring (bicyclic) bond motifs is 1. The summed E-state index contributed by atoms with van der Waals surface area (Å²) in [6.45, 7) is 11.7. The third-order valence-electron chi connectivity index (χ3n) is 6.20. The highest BCUT2D eigenvalue weighted by molar-refractivity contribution is 7.13. The number of ether oxygens (including phenoxy) is 1. The molecule has 1 saturated heterocycles. The molecule has 8 nitrogen and oxygen atoms in total. The Bertz CT molecular complexity index is 1190. The molecular weight excluding hydrogens is 462 g/mol. The Balaban J connectivity index is 1.50. The summed E-state index contributed by atoms with van der Waals surface area (Å²) in [5, 5.41) is 7.33. The predicted octanol–water partition coefficient (Wildman–Crippen LogP) is 5.46. The minimum Gasteiger partial charge on any atom is -0.444 e. The highest BCUT2D eigenvalue weighted by Crippen LogP contribution is 2.30. The van der Waals surface area contributed by atoms with Crippen LogP contribution in [-0.4, -0.2) is 68.8 Å². The van der Waals surface area contributed by atoms with Crippen LogP contribution >= 0.6 is 11.3 Å². The van der Waals surface area contributed by atoms with Crippen molar-refractivity contribution in [1.82, 2.24) is 24.6 Å². The molecule has 0 radical (unpaired) electrons. The molecule has 35 heavy (non-hydrogen) atoms. The van der Waals surface area contributed by atoms with E-state index in [4.69, 9.17) is 9.72 Å². The van der Waals surface area contributed by atoms with Gasteiger partial charge in [-0.2, -0.15) is 5.10 Å². The number of piperidine rings is 1. The van der Waals surface area contributed by atoms with E-state index in [1.165, 1.54) is 0 Å². The number of rotatable bonds is 5. The summed E-state index contributed by atoms with van der Waals surface area (Å²) in [5.41, 5.74) is 1.67. The van der Waals surface area contributed by atoms with Crippen LogP contribution in [0.4, 0.5) is 4.79 Å². The molecule has 0 spiro atoms. The third-order valence-corrected chi connectivity index (χ3v) is 7.09. The lowest BCUT2D eigenvalue weighted by Gasteiger charge is -2.34. The van der Waals surface area contributed by atoms with Crippen LogP contribution in [0.1, 0.15) is 63.9 Å². The second kappa shape index (κ2) is 9.97. The number of carbonyl (C=O) groups excluding carboxylic acids is 2. The normalized spacial score (nSPS) is 15.1. The van der Waals surface area contributed by atoms with E-state index < -0.39 is 5.60 Å². The van der Waals surface area contributed by atoms with E-state index in [1.54, 1.807) is 29.5 Å². The van der Waals surface area contributed by atoms with Gasteiger partial charge in [0.2, 0.25) is 0 Å². The van der Waals surface area contributed by atoms with Crippen LogP contribution in [0.25, 0.3) is 21.6 Å². The van der Waals surface area contributed by atoms with E-state index in [0.29, 0.717) is 31.1 Å². The smallest absolute Gasteiger partial charge is 0.410 e. The molecule has 2 amide bonds. The largest absolute Gasteiger partial charge is 0.444 e. The van der Waals surface area contributed by atoms with Crippen molar-refractivity contribution in [3.8, 4) is 10.6 Å². The van der Waals surface area contributed by atoms with Crippen molar-refractivity contribution in [2.75, 3.05) is 26.7 Å². The maximum atomic E-state index is 13.7. The third kappa shape index (κ3) is 5.66. The van der Waals surface area contributed by atoms with Crippen LogP contribution in [0, 0.1) is 5.92 Å². The Morgan fingerprint density at radius 1 is 1.26 bits per heavy atom. The first-order valence-corrected chi connectivity index (χ1v) is 13.1. The van der Waals surface area contributed by atoms with Crippen LogP contribution in [0.15, 0.2) is 29.8 Å². The quantitative estimate of drug-likeness (QED) is 0.468. The summed E-state index contributed by atoms with van der Waals surface area (Å²) in [5.74, 6) is 0.344. The minimum atomic E-state index is -0.512. The molecule has 1 fully saturated rings. The monoisotopic (exact) mass is 497 g/mol. The SMILES string of the molecule is CC(C)n1ncc2c(C(=O)N3CCC(CN(C)C(=O)OC(C)(C)C)CC3)cc(-c3cccs3)nc21. The summed E-state index contributed by atoms with van der Waals surface area (Å²) < 4.78 is 7.35. The molecule has 0 unspecified atom stereocenters. The van der Waals surface area contributed by atoms with Gasteiger partial charge in [0.1, 0.15) is 5.60 Å². The summed E-state index contributed by atoms with van der Waals surface area (Å²) in [6, 6.07) is 6.06. The first-order chi connectivity index (χ1) is 16.5. The molecule has 1 aliphatic rings. The summed E-state index contributed by atoms with van der Waals surface area (Å²) >= 11 is 1.61. The molecule has 3 aromatic heterocycles. The van der Waals surface area contributed by atoms with Gasteiger partial charge in [-0.15, -0.1) is 11.3 Å². The van der Waals surface area contributed by atoms with E-state index in [2.05, 4.69) is 18.9 Å². The standard InChI is InChI=1S/C26H35N5O3S/c1-17(2)31-23-20(15-27-31)19(14-21(28-23)22-8-7-13-35-22)24(32)30-11-9-18(10-12-30)16-29(6)25(33)34-26(3,4)5/h7-8,13-15,17-18H,9-12,16H2,1-6H3. The molecular formula is C26H35N5O3S. The zero-order chi connectivity index (χ0) is 25.3. The molecule has 4 rings (SSSR count). The average molecular weight is 498 g/mol. The molecule has 0 saturated carbocycles. The molecule has 188 valence electrons. The lowest BCUT2D eigenvalue weighted by atomic mass is 9.95. The highest BCUT2D eigenvalue weighted by atomic mass is 32.1. The van der Waals surface area contributed by atoms with Gasteiger partial charge in [0, 0.05) is 32.7 Å². The van der Waals surface area contributed by atoms with Crippen molar-refractivity contribution in [1.29, 1.82) is 0 Å². The topological polar surface area (TPSA) is 80.6 Å². The van der Waals surface area contributed by atoms with Gasteiger partial charge < -0.3 is 14.5 Å². The van der Waals surface area contributed by atoms with Crippen molar-refractivity contribution < 1.29 is 14.3 Å². The molecule has 0 aromatic carbocycles. The Morgan fingerprint density at radius 2 is 1.97 bits per heavy atom. The van der Waals surface area contributed by atoms with Gasteiger partial charge in [0.05, 0.1) is 27.7 Å². The van der Waals surface area contributed by atoms with Crippen LogP contribution < -0.4 is 0 Å². The molecule has 9 heteroatoms. The number of aromatic nitrogens is 3. The first kappa shape index (κ1) is 25.2. The number of carbonyl (C=O) groups is 2. The summed E-state index contributed by atoms with van der Waals surface area (Å²) in [4.78, 5) is 35.5. The molecule has 0 atom stereocenters. The number of amides is 2. The Hall–Kier alpha value is -2.94. The molecule has 3 aromatic rings. The maximum absolute atomic E-state index is 13.7. The Kier molecular flexibility index (Phi) is 7.17. The van der Waals surface area contributed by atoms with Gasteiger partial charge in [-0.25, -0.2) is 14.5 Å². The van der Waals surface area contributed by atoms with E-state index in [1.807, 2.05) is 53.9 Å². The summed E-state index contributed by atoms with van der Waals surface area (Å²) in [7, 11) is 1.78. The molecule has 0 aliphatic carbocycles. The van der Waals surface area contributed by atoms with Crippen LogP contribution in [-0.2, 0) is 4.74 Å². The second-order valence-electron chi connectivity index (χ2n) is 10.5. The van der Waals surface area contributed by atoms with Crippen LogP contribution in [0.2, 0.25) is 0 Å². The first-order valence-electron chi connectivity index (χ1n) is 12.2. The van der Waals surface area contributed by atoms with Crippen molar-refractivity contribution in [2.24, 2.45) is 5.92 Å². The van der Waals surface area contributed by atoms with Crippen molar-refractivity contribution in [3.05, 3.63) is 35.3 Å². The Labute approximate surface area is 210 Å². The van der Waals surface area contributed by atoms with E-state index in [-0.39, 0.29) is 18.0 Å². The summed E-state index contributed by atoms with van der Waals surface area (Å²) in [6.07, 6.45) is 3.14. The second-order valence-corrected chi connectivity index (χ2v) is 11.5. The van der Waals surface area contributed by atoms with Gasteiger partial charge in [0.25, 0.3) is 5.91 Å². The number of hydrogen-bond acceptors (Lipinski definition) is 6. The average Bonchev–Trinajstić information content (AvgIpc) is 3.47. The zero-order valence-electron chi connectivity index (χ0n) is 21.4. The number of pyridine rings is 1. The molecule has 4 heterocycles. The fourth-order valence-corrected chi connectivity index (χ4v) is 5.10. The lowest BCUT2D eigenvalue weighted by molar-refractivity contribution is 0.0246. The van der Waals surface area contributed by atoms with Gasteiger partial charge in [-0.3, -0.25) is 4.79 Å². The maximum Gasteiger partial charge on any atom is 0.410 e. The number of hydrogen-bond donors (Lipinski definition) is 0. The van der Waals surface area contributed by atoms with Gasteiger partial charge in [-0.05, 0) is 70.9 Å². The fourth-order valence-electron chi connectivity index (χ4n) is 4.41. The molecule has 1 aliphatic heterocycles. The van der Waals surface area contributed by atoms with Crippen molar-refractivity contribution in [3.63, 3.8) is 0 Å². The van der Waals surface area contributed by atoms with Gasteiger partial charge in [0.15, 0.2) is 5.65 Å². The molecule has 0 bridgehead atoms. The zero-order valence-corrected chi connectivity index (χ0v) is 22.3. The van der Waals surface area contributed by atoms with Crippen LogP contribution in [0.3, 0.4) is 0 Å². The van der Waals surface area contributed by atoms with Gasteiger partial charge in [-0.1, -0.05) is 6.07 Å². The predicted molar refractivity (Wildman–Crippen MR) is 139 cm³/mol. The van der Waals surface area contributed by atoms with Crippen molar-refractivity contribution in [2.45, 2.75) is 59.1 Å². The number of thiophene rings is 1. The number of nitrogens with zero attached hydrogens (tertiary/aromatic N) is 5. The fraction of sp³-hybridized carbons (Fsp3) is 0.538. The van der Waals surface area contributed by atoms with Gasteiger partial charge >= 0.3 is 6.09 Å². The van der Waals surface area contributed by atoms with E-state index >= 15 is 0 Å². The van der Waals surface area contributed by atoms with Crippen molar-refractivity contribution >= 4 is 34.4 Å². The van der Waals surface area contributed by atoms with Crippen LogP contribution in [0.5, 0.6) is 0 Å². The lowest BCUT2D eigenvalue weighted by Crippen LogP contribution is -2.43. The van der Waals surface area contributed by atoms with E-state index in [9.17, 15) is 9.59 Å².